The predicted molar refractivity (Wildman–Crippen MR) is 59.6 cm³/mol. The maximum atomic E-state index is 12.6. The molecule has 0 saturated carbocycles. The van der Waals surface area contributed by atoms with Gasteiger partial charge < -0.3 is 10.5 Å². The summed E-state index contributed by atoms with van der Waals surface area (Å²) in [6.45, 7) is 1.79. The third-order valence-corrected chi connectivity index (χ3v) is 1.84. The molecular weight excluding hydrogens is 263 g/mol. The number of alkyl halides is 3. The molecular formula is C11H10F3N3O2. The Bertz CT molecular complexity index is 532. The van der Waals surface area contributed by atoms with Crippen LogP contribution in [-0.4, -0.2) is 22.5 Å². The van der Waals surface area contributed by atoms with Gasteiger partial charge in [-0.05, 0) is 6.92 Å². The van der Waals surface area contributed by atoms with Crippen LogP contribution in [0.5, 0.6) is 0 Å². The molecule has 102 valence electrons. The van der Waals surface area contributed by atoms with Crippen LogP contribution in [0, 0.1) is 11.8 Å². The van der Waals surface area contributed by atoms with Crippen LogP contribution in [0.15, 0.2) is 6.20 Å². The fourth-order valence-corrected chi connectivity index (χ4v) is 1.13. The molecule has 0 saturated heterocycles. The van der Waals surface area contributed by atoms with Crippen LogP contribution >= 0.6 is 0 Å². The van der Waals surface area contributed by atoms with E-state index in [0.717, 1.165) is 6.20 Å². The Kier molecular flexibility index (Phi) is 4.69. The van der Waals surface area contributed by atoms with Gasteiger partial charge in [0.25, 0.3) is 0 Å². The number of carbonyl (C=O) groups excluding carboxylic acids is 1. The zero-order valence-corrected chi connectivity index (χ0v) is 9.91. The average molecular weight is 273 g/mol. The highest BCUT2D eigenvalue weighted by molar-refractivity contribution is 5.72. The third-order valence-electron chi connectivity index (χ3n) is 1.84. The van der Waals surface area contributed by atoms with E-state index in [0.29, 0.717) is 0 Å². The number of aromatic nitrogens is 2. The van der Waals surface area contributed by atoms with Crippen LogP contribution in [0.2, 0.25) is 0 Å². The molecule has 0 atom stereocenters. The summed E-state index contributed by atoms with van der Waals surface area (Å²) >= 11 is 0. The molecule has 0 spiro atoms. The molecule has 0 aromatic carbocycles. The van der Waals surface area contributed by atoms with E-state index >= 15 is 0 Å². The lowest BCUT2D eigenvalue weighted by molar-refractivity contribution is -0.142. The maximum absolute atomic E-state index is 12.6. The topological polar surface area (TPSA) is 78.1 Å². The third kappa shape index (κ3) is 4.46. The van der Waals surface area contributed by atoms with Crippen molar-refractivity contribution in [2.24, 2.45) is 0 Å². The van der Waals surface area contributed by atoms with E-state index in [4.69, 9.17) is 5.73 Å². The minimum atomic E-state index is -4.69. The fraction of sp³-hybridized carbons (Fsp3) is 0.364. The molecule has 1 aromatic rings. The van der Waals surface area contributed by atoms with Gasteiger partial charge in [0.05, 0.1) is 12.2 Å². The Morgan fingerprint density at radius 1 is 1.53 bits per heavy atom. The number of nitrogens with zero attached hydrogens (tertiary/aromatic N) is 2. The standard InChI is InChI=1S/C11H10F3N3O2/c1-2-19-8(18)5-3-4-7-6-16-10(15)17-9(7)11(12,13)14/h6H,2,5H2,1H3,(H2,15,16,17). The van der Waals surface area contributed by atoms with Gasteiger partial charge in [-0.1, -0.05) is 11.8 Å². The van der Waals surface area contributed by atoms with Gasteiger partial charge in [0.1, 0.15) is 6.42 Å². The van der Waals surface area contributed by atoms with E-state index in [1.165, 1.54) is 0 Å². The van der Waals surface area contributed by atoms with Gasteiger partial charge in [-0.15, -0.1) is 0 Å². The van der Waals surface area contributed by atoms with Gasteiger partial charge in [-0.3, -0.25) is 4.79 Å². The molecule has 8 heteroatoms. The molecule has 0 unspecified atom stereocenters. The zero-order chi connectivity index (χ0) is 14.5. The van der Waals surface area contributed by atoms with E-state index < -0.39 is 29.4 Å². The smallest absolute Gasteiger partial charge is 0.434 e. The first-order chi connectivity index (χ1) is 8.84. The average Bonchev–Trinajstić information content (AvgIpc) is 2.30. The second-order valence-electron chi connectivity index (χ2n) is 3.27. The van der Waals surface area contributed by atoms with E-state index in [1.807, 2.05) is 0 Å². The van der Waals surface area contributed by atoms with E-state index in [1.54, 1.807) is 6.92 Å². The highest BCUT2D eigenvalue weighted by atomic mass is 19.4. The summed E-state index contributed by atoms with van der Waals surface area (Å²) in [6.07, 6.45) is -4.14. The molecule has 0 aliphatic rings. The van der Waals surface area contributed by atoms with E-state index in [9.17, 15) is 18.0 Å². The second kappa shape index (κ2) is 6.04. The molecule has 19 heavy (non-hydrogen) atoms. The van der Waals surface area contributed by atoms with Crippen molar-refractivity contribution in [2.45, 2.75) is 19.5 Å². The molecule has 5 nitrogen and oxygen atoms in total. The number of rotatable bonds is 2. The summed E-state index contributed by atoms with van der Waals surface area (Å²) < 4.78 is 42.5. The minimum Gasteiger partial charge on any atom is -0.465 e. The molecule has 1 heterocycles. The van der Waals surface area contributed by atoms with E-state index in [-0.39, 0.29) is 13.0 Å². The summed E-state index contributed by atoms with van der Waals surface area (Å²) in [5.41, 5.74) is 3.43. The molecule has 0 aliphatic heterocycles. The summed E-state index contributed by atoms with van der Waals surface area (Å²) in [5, 5.41) is 0. The molecule has 0 aliphatic carbocycles. The largest absolute Gasteiger partial charge is 0.465 e. The molecule has 2 N–H and O–H groups in total. The summed E-state index contributed by atoms with van der Waals surface area (Å²) in [6, 6.07) is 0. The van der Waals surface area contributed by atoms with Gasteiger partial charge in [0.2, 0.25) is 5.95 Å². The first-order valence-electron chi connectivity index (χ1n) is 5.18. The van der Waals surface area contributed by atoms with Crippen LogP contribution in [-0.2, 0) is 15.7 Å². The molecule has 1 rings (SSSR count). The van der Waals surface area contributed by atoms with Crippen molar-refractivity contribution in [3.05, 3.63) is 17.5 Å². The maximum Gasteiger partial charge on any atom is 0.434 e. The first kappa shape index (κ1) is 14.8. The van der Waals surface area contributed by atoms with E-state index in [2.05, 4.69) is 26.5 Å². The number of carbonyl (C=O) groups is 1. The zero-order valence-electron chi connectivity index (χ0n) is 9.91. The van der Waals surface area contributed by atoms with Crippen molar-refractivity contribution < 1.29 is 22.7 Å². The minimum absolute atomic E-state index is 0.180. The van der Waals surface area contributed by atoms with Crippen LogP contribution in [0.4, 0.5) is 19.1 Å². The van der Waals surface area contributed by atoms with Gasteiger partial charge >= 0.3 is 12.1 Å². The highest BCUT2D eigenvalue weighted by Gasteiger charge is 2.35. The lowest BCUT2D eigenvalue weighted by Crippen LogP contribution is -2.13. The molecule has 0 amide bonds. The van der Waals surface area contributed by atoms with Crippen LogP contribution < -0.4 is 5.73 Å². The monoisotopic (exact) mass is 273 g/mol. The number of nitrogen functional groups attached to an aromatic ring is 1. The number of ether oxygens (including phenoxy) is 1. The normalized spacial score (nSPS) is 10.5. The van der Waals surface area contributed by atoms with Gasteiger partial charge in [-0.2, -0.15) is 13.2 Å². The summed E-state index contributed by atoms with van der Waals surface area (Å²) in [7, 11) is 0. The number of hydrogen-bond donors (Lipinski definition) is 1. The summed E-state index contributed by atoms with van der Waals surface area (Å²) in [4.78, 5) is 17.5. The Labute approximate surface area is 107 Å². The Morgan fingerprint density at radius 2 is 2.21 bits per heavy atom. The van der Waals surface area contributed by atoms with Gasteiger partial charge in [0, 0.05) is 6.20 Å². The lowest BCUT2D eigenvalue weighted by Gasteiger charge is -2.07. The van der Waals surface area contributed by atoms with Crippen molar-refractivity contribution in [1.29, 1.82) is 0 Å². The second-order valence-corrected chi connectivity index (χ2v) is 3.27. The van der Waals surface area contributed by atoms with Gasteiger partial charge in [-0.25, -0.2) is 9.97 Å². The quantitative estimate of drug-likeness (QED) is 0.650. The number of anilines is 1. The van der Waals surface area contributed by atoms with Crippen LogP contribution in [0.25, 0.3) is 0 Å². The number of esters is 1. The van der Waals surface area contributed by atoms with Crippen molar-refractivity contribution >= 4 is 11.9 Å². The predicted octanol–water partition coefficient (Wildman–Crippen LogP) is 1.38. The van der Waals surface area contributed by atoms with Crippen LogP contribution in [0.3, 0.4) is 0 Å². The Morgan fingerprint density at radius 3 is 2.79 bits per heavy atom. The summed E-state index contributed by atoms with van der Waals surface area (Å²) in [5.74, 6) is 3.35. The molecule has 0 radical (unpaired) electrons. The Balaban J connectivity index is 2.96. The van der Waals surface area contributed by atoms with Crippen molar-refractivity contribution in [1.82, 2.24) is 9.97 Å². The number of halogens is 3. The number of hydrogen-bond acceptors (Lipinski definition) is 5. The molecule has 1 aromatic heterocycles. The molecule has 0 fully saturated rings. The number of nitrogens with two attached hydrogens (primary N) is 1. The van der Waals surface area contributed by atoms with Crippen molar-refractivity contribution in [3.8, 4) is 11.8 Å². The molecule has 0 bridgehead atoms. The van der Waals surface area contributed by atoms with Gasteiger partial charge in [0.15, 0.2) is 5.69 Å². The fourth-order valence-electron chi connectivity index (χ4n) is 1.13. The SMILES string of the molecule is CCOC(=O)CC#Cc1cnc(N)nc1C(F)(F)F. The Hall–Kier alpha value is -2.30. The van der Waals surface area contributed by atoms with Crippen LogP contribution in [0.1, 0.15) is 24.6 Å². The lowest BCUT2D eigenvalue weighted by atomic mass is 10.2. The highest BCUT2D eigenvalue weighted by Crippen LogP contribution is 2.29. The first-order valence-corrected chi connectivity index (χ1v) is 5.18. The van der Waals surface area contributed by atoms with Crippen molar-refractivity contribution in [3.63, 3.8) is 0 Å². The van der Waals surface area contributed by atoms with Crippen molar-refractivity contribution in [2.75, 3.05) is 12.3 Å².